The lowest BCUT2D eigenvalue weighted by atomic mass is 10.2. The maximum absolute atomic E-state index is 11.3. The lowest BCUT2D eigenvalue weighted by molar-refractivity contribution is -0.122. The zero-order chi connectivity index (χ0) is 8.97. The van der Waals surface area contributed by atoms with Crippen LogP contribution < -0.4 is 10.6 Å². The molecule has 0 saturated carbocycles. The Morgan fingerprint density at radius 2 is 2.33 bits per heavy atom. The third-order valence-corrected chi connectivity index (χ3v) is 2.56. The zero-order valence-corrected chi connectivity index (χ0v) is 7.94. The summed E-state index contributed by atoms with van der Waals surface area (Å²) in [5, 5.41) is 7.52. The highest BCUT2D eigenvalue weighted by Crippen LogP contribution is 2.18. The fraction of sp³-hybridized carbons (Fsp3) is 0.375. The van der Waals surface area contributed by atoms with Crippen LogP contribution in [0.3, 0.4) is 0 Å². The molecule has 1 aromatic rings. The number of amides is 1. The quantitative estimate of drug-likeness (QED) is 0.728. The van der Waals surface area contributed by atoms with E-state index >= 15 is 0 Å². The van der Waals surface area contributed by atoms with Crippen molar-refractivity contribution in [1.82, 2.24) is 10.6 Å². The number of carbonyl (C=O) groups excluding carboxylic acids is 1. The Balaban J connectivity index is 2.76. The Hall–Kier alpha value is -0.870. The SMILES string of the molecule is CNC(=O)[C@H](NC)c1cccs1. The van der Waals surface area contributed by atoms with Crippen LogP contribution in [0.25, 0.3) is 0 Å². The molecule has 3 nitrogen and oxygen atoms in total. The first-order valence-corrected chi connectivity index (χ1v) is 4.59. The van der Waals surface area contributed by atoms with Crippen molar-refractivity contribution < 1.29 is 4.79 Å². The van der Waals surface area contributed by atoms with Crippen molar-refractivity contribution in [3.05, 3.63) is 22.4 Å². The number of carbonyl (C=O) groups is 1. The van der Waals surface area contributed by atoms with Crippen LogP contribution in [-0.4, -0.2) is 20.0 Å². The first-order chi connectivity index (χ1) is 5.79. The number of hydrogen-bond acceptors (Lipinski definition) is 3. The van der Waals surface area contributed by atoms with Crippen LogP contribution in [0.1, 0.15) is 10.9 Å². The zero-order valence-electron chi connectivity index (χ0n) is 7.13. The van der Waals surface area contributed by atoms with Crippen LogP contribution >= 0.6 is 11.3 Å². The molecule has 1 aromatic heterocycles. The van der Waals surface area contributed by atoms with E-state index in [0.717, 1.165) is 4.88 Å². The van der Waals surface area contributed by atoms with Crippen molar-refractivity contribution >= 4 is 17.2 Å². The number of rotatable bonds is 3. The fourth-order valence-corrected chi connectivity index (χ4v) is 1.83. The lowest BCUT2D eigenvalue weighted by Crippen LogP contribution is -2.33. The molecule has 0 saturated heterocycles. The van der Waals surface area contributed by atoms with Gasteiger partial charge in [-0.3, -0.25) is 4.79 Å². The molecule has 0 radical (unpaired) electrons. The first kappa shape index (κ1) is 9.22. The Kier molecular flexibility index (Phi) is 3.25. The Labute approximate surface area is 75.8 Å². The summed E-state index contributed by atoms with van der Waals surface area (Å²) in [6, 6.07) is 3.67. The second-order valence-electron chi connectivity index (χ2n) is 2.35. The van der Waals surface area contributed by atoms with Crippen LogP contribution in [0.2, 0.25) is 0 Å². The molecule has 12 heavy (non-hydrogen) atoms. The third-order valence-electron chi connectivity index (χ3n) is 1.62. The van der Waals surface area contributed by atoms with E-state index in [-0.39, 0.29) is 11.9 Å². The predicted molar refractivity (Wildman–Crippen MR) is 50.2 cm³/mol. The van der Waals surface area contributed by atoms with Gasteiger partial charge in [0.05, 0.1) is 0 Å². The highest BCUT2D eigenvalue weighted by atomic mass is 32.1. The Morgan fingerprint density at radius 3 is 2.75 bits per heavy atom. The molecule has 1 atom stereocenters. The molecule has 2 N–H and O–H groups in total. The average Bonchev–Trinajstić information content (AvgIpc) is 2.58. The summed E-state index contributed by atoms with van der Waals surface area (Å²) in [5.41, 5.74) is 0. The molecule has 66 valence electrons. The van der Waals surface area contributed by atoms with E-state index in [1.54, 1.807) is 25.4 Å². The van der Waals surface area contributed by atoms with Gasteiger partial charge in [0.25, 0.3) is 0 Å². The van der Waals surface area contributed by atoms with Gasteiger partial charge in [0.15, 0.2) is 0 Å². The molecule has 0 aliphatic rings. The van der Waals surface area contributed by atoms with Gasteiger partial charge in [-0.15, -0.1) is 11.3 Å². The van der Waals surface area contributed by atoms with Gasteiger partial charge in [-0.25, -0.2) is 0 Å². The number of likely N-dealkylation sites (N-methyl/N-ethyl adjacent to an activating group) is 2. The average molecular weight is 184 g/mol. The smallest absolute Gasteiger partial charge is 0.242 e. The molecular formula is C8H12N2OS. The van der Waals surface area contributed by atoms with E-state index in [1.165, 1.54) is 0 Å². The largest absolute Gasteiger partial charge is 0.357 e. The van der Waals surface area contributed by atoms with E-state index in [9.17, 15) is 4.79 Å². The van der Waals surface area contributed by atoms with Crippen LogP contribution in [0.4, 0.5) is 0 Å². The summed E-state index contributed by atoms with van der Waals surface area (Å²) >= 11 is 1.58. The normalized spacial score (nSPS) is 12.5. The molecule has 0 bridgehead atoms. The van der Waals surface area contributed by atoms with Crippen molar-refractivity contribution in [2.45, 2.75) is 6.04 Å². The maximum atomic E-state index is 11.3. The van der Waals surface area contributed by atoms with E-state index in [0.29, 0.717) is 0 Å². The van der Waals surface area contributed by atoms with Gasteiger partial charge in [0.1, 0.15) is 6.04 Å². The van der Waals surface area contributed by atoms with Crippen molar-refractivity contribution in [1.29, 1.82) is 0 Å². The van der Waals surface area contributed by atoms with Gasteiger partial charge in [-0.2, -0.15) is 0 Å². The van der Waals surface area contributed by atoms with Crippen molar-refractivity contribution in [3.63, 3.8) is 0 Å². The van der Waals surface area contributed by atoms with E-state index in [2.05, 4.69) is 10.6 Å². The monoisotopic (exact) mass is 184 g/mol. The van der Waals surface area contributed by atoms with Gasteiger partial charge >= 0.3 is 0 Å². The Morgan fingerprint density at radius 1 is 1.58 bits per heavy atom. The maximum Gasteiger partial charge on any atom is 0.242 e. The highest BCUT2D eigenvalue weighted by Gasteiger charge is 2.17. The summed E-state index contributed by atoms with van der Waals surface area (Å²) < 4.78 is 0. The summed E-state index contributed by atoms with van der Waals surface area (Å²) in [6.07, 6.45) is 0. The molecule has 0 unspecified atom stereocenters. The molecule has 0 aliphatic heterocycles. The van der Waals surface area contributed by atoms with Crippen LogP contribution in [-0.2, 0) is 4.79 Å². The minimum absolute atomic E-state index is 0.0000463. The number of thiophene rings is 1. The van der Waals surface area contributed by atoms with E-state index in [4.69, 9.17) is 0 Å². The van der Waals surface area contributed by atoms with E-state index < -0.39 is 0 Å². The molecule has 1 amide bonds. The van der Waals surface area contributed by atoms with Crippen LogP contribution in [0.15, 0.2) is 17.5 Å². The highest BCUT2D eigenvalue weighted by molar-refractivity contribution is 7.10. The van der Waals surface area contributed by atoms with Gasteiger partial charge in [0, 0.05) is 11.9 Å². The molecule has 1 rings (SSSR count). The minimum Gasteiger partial charge on any atom is -0.357 e. The first-order valence-electron chi connectivity index (χ1n) is 3.72. The summed E-state index contributed by atoms with van der Waals surface area (Å²) in [5.74, 6) is -0.0000463. The minimum atomic E-state index is -0.213. The summed E-state index contributed by atoms with van der Waals surface area (Å²) in [4.78, 5) is 12.3. The number of hydrogen-bond donors (Lipinski definition) is 2. The standard InChI is InChI=1S/C8H12N2OS/c1-9-7(8(11)10-2)6-4-3-5-12-6/h3-5,7,9H,1-2H3,(H,10,11)/t7-/m1/s1. The molecular weight excluding hydrogens is 172 g/mol. The second kappa shape index (κ2) is 4.23. The van der Waals surface area contributed by atoms with Gasteiger partial charge in [-0.05, 0) is 18.5 Å². The molecule has 0 aromatic carbocycles. The van der Waals surface area contributed by atoms with E-state index in [1.807, 2.05) is 17.5 Å². The van der Waals surface area contributed by atoms with Crippen molar-refractivity contribution in [2.75, 3.05) is 14.1 Å². The Bertz CT molecular complexity index is 246. The molecule has 4 heteroatoms. The fourth-order valence-electron chi connectivity index (χ4n) is 1.00. The van der Waals surface area contributed by atoms with Gasteiger partial charge in [0.2, 0.25) is 5.91 Å². The molecule has 0 fully saturated rings. The van der Waals surface area contributed by atoms with Crippen LogP contribution in [0.5, 0.6) is 0 Å². The number of nitrogens with one attached hydrogen (secondary N) is 2. The second-order valence-corrected chi connectivity index (χ2v) is 3.33. The lowest BCUT2D eigenvalue weighted by Gasteiger charge is -2.11. The van der Waals surface area contributed by atoms with Crippen LogP contribution in [0, 0.1) is 0 Å². The summed E-state index contributed by atoms with van der Waals surface area (Å²) in [6.45, 7) is 0. The molecule has 0 spiro atoms. The van der Waals surface area contributed by atoms with Crippen molar-refractivity contribution in [2.24, 2.45) is 0 Å². The third kappa shape index (κ3) is 1.84. The summed E-state index contributed by atoms with van der Waals surface area (Å²) in [7, 11) is 3.42. The molecule has 1 heterocycles. The predicted octanol–water partition coefficient (Wildman–Crippen LogP) is 0.755. The topological polar surface area (TPSA) is 41.1 Å². The molecule has 0 aliphatic carbocycles. The van der Waals surface area contributed by atoms with Gasteiger partial charge < -0.3 is 10.6 Å². The van der Waals surface area contributed by atoms with Gasteiger partial charge in [-0.1, -0.05) is 6.07 Å². The van der Waals surface area contributed by atoms with Crippen molar-refractivity contribution in [3.8, 4) is 0 Å².